The highest BCUT2D eigenvalue weighted by atomic mass is 16.5. The van der Waals surface area contributed by atoms with Gasteiger partial charge in [-0.3, -0.25) is 0 Å². The van der Waals surface area contributed by atoms with Gasteiger partial charge < -0.3 is 10.1 Å². The molecular weight excluding hydrogens is 248 g/mol. The average Bonchev–Trinajstić information content (AvgIpc) is 2.46. The molecule has 0 aliphatic rings. The SMILES string of the molecule is CCc1ccc(Oc2cccc(CNC(C)C)n2)cc1. The highest BCUT2D eigenvalue weighted by Crippen LogP contribution is 2.20. The molecule has 0 atom stereocenters. The van der Waals surface area contributed by atoms with E-state index < -0.39 is 0 Å². The van der Waals surface area contributed by atoms with Crippen LogP contribution in [0.25, 0.3) is 0 Å². The summed E-state index contributed by atoms with van der Waals surface area (Å²) in [5.74, 6) is 1.46. The predicted octanol–water partition coefficient (Wildman–Crippen LogP) is 3.93. The first kappa shape index (κ1) is 14.5. The summed E-state index contributed by atoms with van der Waals surface area (Å²) in [6.07, 6.45) is 1.04. The van der Waals surface area contributed by atoms with Crippen molar-refractivity contribution in [1.82, 2.24) is 10.3 Å². The van der Waals surface area contributed by atoms with E-state index in [1.807, 2.05) is 30.3 Å². The van der Waals surface area contributed by atoms with Crippen LogP contribution in [0.5, 0.6) is 11.6 Å². The lowest BCUT2D eigenvalue weighted by Gasteiger charge is -2.09. The van der Waals surface area contributed by atoms with Crippen molar-refractivity contribution >= 4 is 0 Å². The number of nitrogens with one attached hydrogen (secondary N) is 1. The Balaban J connectivity index is 2.02. The second-order valence-electron chi connectivity index (χ2n) is 5.10. The lowest BCUT2D eigenvalue weighted by molar-refractivity contribution is 0.458. The molecule has 0 spiro atoms. The molecule has 1 aromatic carbocycles. The largest absolute Gasteiger partial charge is 0.439 e. The van der Waals surface area contributed by atoms with Crippen molar-refractivity contribution in [2.24, 2.45) is 0 Å². The summed E-state index contributed by atoms with van der Waals surface area (Å²) in [6, 6.07) is 14.4. The van der Waals surface area contributed by atoms with Crippen LogP contribution in [0, 0.1) is 0 Å². The predicted molar refractivity (Wildman–Crippen MR) is 82.1 cm³/mol. The first-order valence-corrected chi connectivity index (χ1v) is 7.13. The lowest BCUT2D eigenvalue weighted by Crippen LogP contribution is -2.22. The van der Waals surface area contributed by atoms with E-state index in [0.29, 0.717) is 11.9 Å². The van der Waals surface area contributed by atoms with Crippen molar-refractivity contribution in [2.45, 2.75) is 39.8 Å². The molecule has 0 saturated heterocycles. The first-order valence-electron chi connectivity index (χ1n) is 7.13. The molecule has 0 amide bonds. The summed E-state index contributed by atoms with van der Waals surface area (Å²) in [7, 11) is 0. The van der Waals surface area contributed by atoms with Gasteiger partial charge in [0, 0.05) is 18.7 Å². The van der Waals surface area contributed by atoms with Crippen molar-refractivity contribution in [1.29, 1.82) is 0 Å². The molecule has 20 heavy (non-hydrogen) atoms. The number of benzene rings is 1. The Hall–Kier alpha value is -1.87. The molecule has 0 bridgehead atoms. The monoisotopic (exact) mass is 270 g/mol. The minimum atomic E-state index is 0.447. The zero-order chi connectivity index (χ0) is 14.4. The summed E-state index contributed by atoms with van der Waals surface area (Å²) < 4.78 is 5.79. The average molecular weight is 270 g/mol. The number of rotatable bonds is 6. The van der Waals surface area contributed by atoms with Crippen LogP contribution in [0.15, 0.2) is 42.5 Å². The van der Waals surface area contributed by atoms with E-state index in [-0.39, 0.29) is 0 Å². The topological polar surface area (TPSA) is 34.1 Å². The van der Waals surface area contributed by atoms with Gasteiger partial charge in [-0.25, -0.2) is 4.98 Å². The quantitative estimate of drug-likeness (QED) is 0.863. The van der Waals surface area contributed by atoms with Crippen LogP contribution in [-0.4, -0.2) is 11.0 Å². The Morgan fingerprint density at radius 3 is 2.50 bits per heavy atom. The molecule has 1 heterocycles. The van der Waals surface area contributed by atoms with Crippen LogP contribution >= 0.6 is 0 Å². The number of ether oxygens (including phenoxy) is 1. The van der Waals surface area contributed by atoms with E-state index in [2.05, 4.69) is 43.2 Å². The molecule has 1 N–H and O–H groups in total. The number of aromatic nitrogens is 1. The van der Waals surface area contributed by atoms with Crippen molar-refractivity contribution in [3.8, 4) is 11.6 Å². The van der Waals surface area contributed by atoms with Gasteiger partial charge in [-0.15, -0.1) is 0 Å². The third kappa shape index (κ3) is 4.35. The maximum Gasteiger partial charge on any atom is 0.219 e. The molecule has 0 saturated carbocycles. The molecule has 0 radical (unpaired) electrons. The van der Waals surface area contributed by atoms with E-state index in [1.165, 1.54) is 5.56 Å². The highest BCUT2D eigenvalue weighted by Gasteiger charge is 2.02. The fourth-order valence-corrected chi connectivity index (χ4v) is 1.84. The van der Waals surface area contributed by atoms with E-state index in [0.717, 1.165) is 24.4 Å². The summed E-state index contributed by atoms with van der Waals surface area (Å²) in [5.41, 5.74) is 2.29. The van der Waals surface area contributed by atoms with Crippen molar-refractivity contribution in [2.75, 3.05) is 0 Å². The summed E-state index contributed by atoms with van der Waals surface area (Å²) in [4.78, 5) is 4.50. The Kier molecular flexibility index (Phi) is 5.13. The van der Waals surface area contributed by atoms with E-state index >= 15 is 0 Å². The van der Waals surface area contributed by atoms with Gasteiger partial charge in [0.25, 0.3) is 0 Å². The number of pyridine rings is 1. The number of aryl methyl sites for hydroxylation is 1. The van der Waals surface area contributed by atoms with Gasteiger partial charge in [0.2, 0.25) is 5.88 Å². The van der Waals surface area contributed by atoms with E-state index in [4.69, 9.17) is 4.74 Å². The molecule has 0 aliphatic heterocycles. The standard InChI is InChI=1S/C17H22N2O/c1-4-14-8-10-16(11-9-14)20-17-7-5-6-15(19-17)12-18-13(2)3/h5-11,13,18H,4,12H2,1-3H3. The van der Waals surface area contributed by atoms with Crippen molar-refractivity contribution < 1.29 is 4.74 Å². The third-order valence-corrected chi connectivity index (χ3v) is 3.03. The summed E-state index contributed by atoms with van der Waals surface area (Å²) >= 11 is 0. The lowest BCUT2D eigenvalue weighted by atomic mass is 10.2. The first-order chi connectivity index (χ1) is 9.67. The highest BCUT2D eigenvalue weighted by molar-refractivity contribution is 5.30. The van der Waals surface area contributed by atoms with Crippen LogP contribution in [0.1, 0.15) is 32.0 Å². The fourth-order valence-electron chi connectivity index (χ4n) is 1.84. The number of hydrogen-bond acceptors (Lipinski definition) is 3. The van der Waals surface area contributed by atoms with Crippen LogP contribution < -0.4 is 10.1 Å². The van der Waals surface area contributed by atoms with Crippen LogP contribution in [0.4, 0.5) is 0 Å². The maximum absolute atomic E-state index is 5.79. The summed E-state index contributed by atoms with van der Waals surface area (Å²) in [5, 5.41) is 3.35. The van der Waals surface area contributed by atoms with Crippen LogP contribution in [0.3, 0.4) is 0 Å². The van der Waals surface area contributed by atoms with Gasteiger partial charge in [-0.05, 0) is 30.2 Å². The van der Waals surface area contributed by atoms with Gasteiger partial charge >= 0.3 is 0 Å². The molecule has 3 heteroatoms. The Morgan fingerprint density at radius 1 is 1.10 bits per heavy atom. The third-order valence-electron chi connectivity index (χ3n) is 3.03. The van der Waals surface area contributed by atoms with Crippen LogP contribution in [-0.2, 0) is 13.0 Å². The van der Waals surface area contributed by atoms with Crippen LogP contribution in [0.2, 0.25) is 0 Å². The maximum atomic E-state index is 5.79. The van der Waals surface area contributed by atoms with E-state index in [1.54, 1.807) is 0 Å². The zero-order valence-electron chi connectivity index (χ0n) is 12.4. The summed E-state index contributed by atoms with van der Waals surface area (Å²) in [6.45, 7) is 7.14. The fraction of sp³-hybridized carbons (Fsp3) is 0.353. The Bertz CT molecular complexity index is 535. The van der Waals surface area contributed by atoms with Gasteiger partial charge in [0.05, 0.1) is 5.69 Å². The minimum Gasteiger partial charge on any atom is -0.439 e. The van der Waals surface area contributed by atoms with Gasteiger partial charge in [-0.2, -0.15) is 0 Å². The second-order valence-corrected chi connectivity index (χ2v) is 5.10. The van der Waals surface area contributed by atoms with Crippen molar-refractivity contribution in [3.05, 3.63) is 53.7 Å². The zero-order valence-corrected chi connectivity index (χ0v) is 12.4. The Labute approximate surface area is 121 Å². The van der Waals surface area contributed by atoms with Crippen molar-refractivity contribution in [3.63, 3.8) is 0 Å². The molecular formula is C17H22N2O. The second kappa shape index (κ2) is 7.06. The number of nitrogens with zero attached hydrogens (tertiary/aromatic N) is 1. The molecule has 106 valence electrons. The van der Waals surface area contributed by atoms with E-state index in [9.17, 15) is 0 Å². The Morgan fingerprint density at radius 2 is 1.85 bits per heavy atom. The molecule has 0 aliphatic carbocycles. The van der Waals surface area contributed by atoms with Gasteiger partial charge in [0.15, 0.2) is 0 Å². The smallest absolute Gasteiger partial charge is 0.219 e. The normalized spacial score (nSPS) is 10.8. The molecule has 0 unspecified atom stereocenters. The number of hydrogen-bond donors (Lipinski definition) is 1. The minimum absolute atomic E-state index is 0.447. The molecule has 2 aromatic rings. The molecule has 2 rings (SSSR count). The molecule has 3 nitrogen and oxygen atoms in total. The van der Waals surface area contributed by atoms with Gasteiger partial charge in [-0.1, -0.05) is 39.0 Å². The van der Waals surface area contributed by atoms with Gasteiger partial charge in [0.1, 0.15) is 5.75 Å². The molecule has 0 fully saturated rings. The molecule has 1 aromatic heterocycles.